The molecule has 0 saturated carbocycles. The van der Waals surface area contributed by atoms with Gasteiger partial charge in [-0.25, -0.2) is 9.78 Å². The molecule has 3 aromatic rings. The number of fused-ring (bicyclic) bond motifs is 1. The van der Waals surface area contributed by atoms with E-state index in [1.807, 2.05) is 24.3 Å². The zero-order valence-corrected chi connectivity index (χ0v) is 11.6. The lowest BCUT2D eigenvalue weighted by Crippen LogP contribution is -2.09. The molecule has 0 atom stereocenters. The second-order valence-electron chi connectivity index (χ2n) is 4.54. The number of rotatable bonds is 5. The molecule has 0 aliphatic heterocycles. The van der Waals surface area contributed by atoms with Crippen LogP contribution in [0.25, 0.3) is 11.0 Å². The number of para-hydroxylation sites is 2. The van der Waals surface area contributed by atoms with Crippen molar-refractivity contribution in [3.8, 4) is 0 Å². The van der Waals surface area contributed by atoms with E-state index in [-0.39, 0.29) is 5.97 Å². The SMILES string of the molecule is CCOC(=O)c1[nH]ccc1NCc1nc2ccccc2[nH]1. The minimum Gasteiger partial charge on any atom is -0.461 e. The molecule has 3 N–H and O–H groups in total. The quantitative estimate of drug-likeness (QED) is 0.629. The minimum absolute atomic E-state index is 0.348. The van der Waals surface area contributed by atoms with Gasteiger partial charge in [0.15, 0.2) is 0 Å². The summed E-state index contributed by atoms with van der Waals surface area (Å²) in [7, 11) is 0. The molecule has 1 aromatic carbocycles. The van der Waals surface area contributed by atoms with Crippen molar-refractivity contribution >= 4 is 22.7 Å². The van der Waals surface area contributed by atoms with Crippen molar-refractivity contribution < 1.29 is 9.53 Å². The van der Waals surface area contributed by atoms with E-state index in [4.69, 9.17) is 4.74 Å². The molecule has 21 heavy (non-hydrogen) atoms. The number of imidazole rings is 1. The fraction of sp³-hybridized carbons (Fsp3) is 0.200. The van der Waals surface area contributed by atoms with Crippen LogP contribution in [0.5, 0.6) is 0 Å². The van der Waals surface area contributed by atoms with Crippen molar-refractivity contribution in [3.63, 3.8) is 0 Å². The lowest BCUT2D eigenvalue weighted by molar-refractivity contribution is 0.0521. The highest BCUT2D eigenvalue weighted by molar-refractivity contribution is 5.93. The molecule has 0 saturated heterocycles. The molecule has 0 bridgehead atoms. The van der Waals surface area contributed by atoms with Gasteiger partial charge in [0, 0.05) is 6.20 Å². The number of benzene rings is 1. The largest absolute Gasteiger partial charge is 0.461 e. The van der Waals surface area contributed by atoms with E-state index in [0.717, 1.165) is 16.9 Å². The second kappa shape index (κ2) is 5.70. The molecule has 0 spiro atoms. The Bertz CT molecular complexity index is 727. The molecule has 3 rings (SSSR count). The predicted molar refractivity (Wildman–Crippen MR) is 80.2 cm³/mol. The van der Waals surface area contributed by atoms with Crippen LogP contribution in [0, 0.1) is 0 Å². The highest BCUT2D eigenvalue weighted by Gasteiger charge is 2.13. The Hall–Kier alpha value is -2.76. The van der Waals surface area contributed by atoms with E-state index >= 15 is 0 Å². The Morgan fingerprint density at radius 3 is 3.00 bits per heavy atom. The third kappa shape index (κ3) is 2.74. The summed E-state index contributed by atoms with van der Waals surface area (Å²) in [5.41, 5.74) is 3.05. The molecule has 2 aromatic heterocycles. The molecule has 6 nitrogen and oxygen atoms in total. The van der Waals surface area contributed by atoms with E-state index in [9.17, 15) is 4.79 Å². The number of ether oxygens (including phenoxy) is 1. The molecule has 0 radical (unpaired) electrons. The van der Waals surface area contributed by atoms with Crippen molar-refractivity contribution in [2.45, 2.75) is 13.5 Å². The highest BCUT2D eigenvalue weighted by atomic mass is 16.5. The number of H-pyrrole nitrogens is 2. The van der Waals surface area contributed by atoms with Gasteiger partial charge in [0.1, 0.15) is 11.5 Å². The molecule has 108 valence electrons. The summed E-state index contributed by atoms with van der Waals surface area (Å²) in [4.78, 5) is 22.4. The maximum atomic E-state index is 11.8. The zero-order valence-electron chi connectivity index (χ0n) is 11.6. The fourth-order valence-electron chi connectivity index (χ4n) is 2.16. The first-order chi connectivity index (χ1) is 10.3. The van der Waals surface area contributed by atoms with Gasteiger partial charge in [0.25, 0.3) is 0 Å². The van der Waals surface area contributed by atoms with Crippen molar-refractivity contribution in [1.82, 2.24) is 15.0 Å². The number of aromatic nitrogens is 3. The van der Waals surface area contributed by atoms with Gasteiger partial charge in [-0.2, -0.15) is 0 Å². The van der Waals surface area contributed by atoms with Crippen LogP contribution in [0.1, 0.15) is 23.2 Å². The van der Waals surface area contributed by atoms with Crippen LogP contribution in [0.4, 0.5) is 5.69 Å². The number of carbonyl (C=O) groups excluding carboxylic acids is 1. The van der Waals surface area contributed by atoms with Crippen LogP contribution in [0.15, 0.2) is 36.5 Å². The topological polar surface area (TPSA) is 82.8 Å². The molecule has 0 aliphatic carbocycles. The zero-order chi connectivity index (χ0) is 14.7. The molecular formula is C15H16N4O2. The molecule has 0 amide bonds. The fourth-order valence-corrected chi connectivity index (χ4v) is 2.16. The molecule has 6 heteroatoms. The standard InChI is InChI=1S/C15H16N4O2/c1-2-21-15(20)14-12(7-8-16-14)17-9-13-18-10-5-3-4-6-11(10)19-13/h3-8,16-17H,2,9H2,1H3,(H,18,19). The third-order valence-corrected chi connectivity index (χ3v) is 3.11. The second-order valence-corrected chi connectivity index (χ2v) is 4.54. The van der Waals surface area contributed by atoms with E-state index in [2.05, 4.69) is 20.3 Å². The number of aromatic amines is 2. The summed E-state index contributed by atoms with van der Waals surface area (Å²) in [5.74, 6) is 0.446. The Morgan fingerprint density at radius 2 is 2.19 bits per heavy atom. The molecule has 0 fully saturated rings. The molecular weight excluding hydrogens is 268 g/mol. The van der Waals surface area contributed by atoms with Crippen LogP contribution in [-0.2, 0) is 11.3 Å². The van der Waals surface area contributed by atoms with E-state index in [1.165, 1.54) is 0 Å². The number of hydrogen-bond donors (Lipinski definition) is 3. The summed E-state index contributed by atoms with van der Waals surface area (Å²) >= 11 is 0. The van der Waals surface area contributed by atoms with Gasteiger partial charge in [0.05, 0.1) is 29.9 Å². The summed E-state index contributed by atoms with van der Waals surface area (Å²) in [6, 6.07) is 9.64. The van der Waals surface area contributed by atoms with Crippen LogP contribution in [0.2, 0.25) is 0 Å². The monoisotopic (exact) mass is 284 g/mol. The van der Waals surface area contributed by atoms with E-state index < -0.39 is 0 Å². The summed E-state index contributed by atoms with van der Waals surface area (Å²) in [6.45, 7) is 2.63. The maximum absolute atomic E-state index is 11.8. The van der Waals surface area contributed by atoms with Crippen molar-refractivity contribution in [1.29, 1.82) is 0 Å². The average Bonchev–Trinajstić information content (AvgIpc) is 3.11. The highest BCUT2D eigenvalue weighted by Crippen LogP contribution is 2.16. The number of anilines is 1. The lowest BCUT2D eigenvalue weighted by atomic mass is 10.3. The number of esters is 1. The van der Waals surface area contributed by atoms with Gasteiger partial charge in [-0.15, -0.1) is 0 Å². The van der Waals surface area contributed by atoms with Gasteiger partial charge in [0.2, 0.25) is 0 Å². The number of carbonyl (C=O) groups is 1. The van der Waals surface area contributed by atoms with Gasteiger partial charge in [-0.1, -0.05) is 12.1 Å². The van der Waals surface area contributed by atoms with Crippen molar-refractivity contribution in [2.75, 3.05) is 11.9 Å². The van der Waals surface area contributed by atoms with Gasteiger partial charge in [-0.05, 0) is 25.1 Å². The Morgan fingerprint density at radius 1 is 1.33 bits per heavy atom. The third-order valence-electron chi connectivity index (χ3n) is 3.11. The predicted octanol–water partition coefficient (Wildman–Crippen LogP) is 2.68. The van der Waals surface area contributed by atoms with Gasteiger partial charge < -0.3 is 20.0 Å². The molecule has 0 aliphatic rings. The average molecular weight is 284 g/mol. The van der Waals surface area contributed by atoms with Gasteiger partial charge in [-0.3, -0.25) is 0 Å². The lowest BCUT2D eigenvalue weighted by Gasteiger charge is -2.05. The molecule has 2 heterocycles. The normalized spacial score (nSPS) is 10.7. The van der Waals surface area contributed by atoms with Crippen molar-refractivity contribution in [3.05, 3.63) is 48.0 Å². The van der Waals surface area contributed by atoms with Crippen LogP contribution in [0.3, 0.4) is 0 Å². The van der Waals surface area contributed by atoms with E-state index in [0.29, 0.717) is 24.5 Å². The maximum Gasteiger partial charge on any atom is 0.356 e. The Kier molecular flexibility index (Phi) is 3.59. The van der Waals surface area contributed by atoms with Crippen molar-refractivity contribution in [2.24, 2.45) is 0 Å². The minimum atomic E-state index is -0.366. The first-order valence-electron chi connectivity index (χ1n) is 6.80. The summed E-state index contributed by atoms with van der Waals surface area (Å²) < 4.78 is 4.99. The van der Waals surface area contributed by atoms with Gasteiger partial charge >= 0.3 is 5.97 Å². The number of nitrogens with one attached hydrogen (secondary N) is 3. The Labute approximate surface area is 121 Å². The first-order valence-corrected chi connectivity index (χ1v) is 6.80. The smallest absolute Gasteiger partial charge is 0.356 e. The Balaban J connectivity index is 1.73. The number of hydrogen-bond acceptors (Lipinski definition) is 4. The summed E-state index contributed by atoms with van der Waals surface area (Å²) in [6.07, 6.45) is 1.70. The van der Waals surface area contributed by atoms with Crippen LogP contribution in [-0.4, -0.2) is 27.5 Å². The first kappa shape index (κ1) is 13.2. The molecule has 0 unspecified atom stereocenters. The van der Waals surface area contributed by atoms with Crippen LogP contribution < -0.4 is 5.32 Å². The summed E-state index contributed by atoms with van der Waals surface area (Å²) in [5, 5.41) is 3.18. The number of nitrogens with zero attached hydrogens (tertiary/aromatic N) is 1. The van der Waals surface area contributed by atoms with Crippen LogP contribution >= 0.6 is 0 Å². The van der Waals surface area contributed by atoms with E-state index in [1.54, 1.807) is 19.2 Å².